The van der Waals surface area contributed by atoms with E-state index >= 15 is 0 Å². The van der Waals surface area contributed by atoms with Gasteiger partial charge in [-0.05, 0) is 30.0 Å². The lowest BCUT2D eigenvalue weighted by Gasteiger charge is -2.21. The Balaban J connectivity index is 2.22. The van der Waals surface area contributed by atoms with Crippen molar-refractivity contribution in [2.24, 2.45) is 4.99 Å². The van der Waals surface area contributed by atoms with Crippen LogP contribution in [0.5, 0.6) is 0 Å². The standard InChI is InChI=1S/C17H18ClN3O3/c1-3-21(16(11-22)20-9-17(23)24-2)10-12-4-5-15-13(6-12)7-14(18)8-19-15/h3-8,22H,1,9-11H2,2H3/b20-16-. The number of aliphatic imine (C=N–C) groups is 1. The number of amidine groups is 1. The molecule has 0 saturated heterocycles. The summed E-state index contributed by atoms with van der Waals surface area (Å²) in [6, 6.07) is 7.62. The van der Waals surface area contributed by atoms with Crippen LogP contribution in [0, 0.1) is 0 Å². The Morgan fingerprint density at radius 3 is 2.96 bits per heavy atom. The summed E-state index contributed by atoms with van der Waals surface area (Å²) in [6.07, 6.45) is 3.15. The number of carbonyl (C=O) groups excluding carboxylic acids is 1. The second-order valence-corrected chi connectivity index (χ2v) is 5.39. The number of methoxy groups -OCH3 is 1. The summed E-state index contributed by atoms with van der Waals surface area (Å²) in [4.78, 5) is 21.2. The first-order chi connectivity index (χ1) is 11.6. The van der Waals surface area contributed by atoms with Crippen molar-refractivity contribution in [3.05, 3.63) is 53.8 Å². The number of pyridine rings is 1. The molecule has 0 spiro atoms. The van der Waals surface area contributed by atoms with Crippen molar-refractivity contribution in [3.63, 3.8) is 0 Å². The van der Waals surface area contributed by atoms with Crippen LogP contribution < -0.4 is 0 Å². The molecule has 0 unspecified atom stereocenters. The van der Waals surface area contributed by atoms with Crippen molar-refractivity contribution < 1.29 is 14.6 Å². The zero-order valence-corrected chi connectivity index (χ0v) is 14.0. The Bertz CT molecular complexity index is 777. The van der Waals surface area contributed by atoms with Crippen LogP contribution in [0.4, 0.5) is 0 Å². The van der Waals surface area contributed by atoms with Gasteiger partial charge >= 0.3 is 5.97 Å². The van der Waals surface area contributed by atoms with Gasteiger partial charge in [-0.2, -0.15) is 0 Å². The first-order valence-corrected chi connectivity index (χ1v) is 7.59. The van der Waals surface area contributed by atoms with Gasteiger partial charge < -0.3 is 14.7 Å². The summed E-state index contributed by atoms with van der Waals surface area (Å²) in [5.41, 5.74) is 1.81. The number of aromatic nitrogens is 1. The molecule has 2 aromatic rings. The zero-order chi connectivity index (χ0) is 17.5. The lowest BCUT2D eigenvalue weighted by atomic mass is 10.1. The van der Waals surface area contributed by atoms with E-state index in [4.69, 9.17) is 11.6 Å². The maximum Gasteiger partial charge on any atom is 0.327 e. The van der Waals surface area contributed by atoms with Gasteiger partial charge in [0.1, 0.15) is 19.0 Å². The topological polar surface area (TPSA) is 75.0 Å². The van der Waals surface area contributed by atoms with Crippen molar-refractivity contribution in [3.8, 4) is 0 Å². The number of esters is 1. The van der Waals surface area contributed by atoms with Crippen LogP contribution in [0.2, 0.25) is 5.02 Å². The first kappa shape index (κ1) is 17.9. The quantitative estimate of drug-likeness (QED) is 0.493. The molecule has 0 bridgehead atoms. The predicted molar refractivity (Wildman–Crippen MR) is 93.9 cm³/mol. The highest BCUT2D eigenvalue weighted by Gasteiger charge is 2.10. The molecule has 0 amide bonds. The van der Waals surface area contributed by atoms with Gasteiger partial charge in [0, 0.05) is 18.1 Å². The molecule has 1 N–H and O–H groups in total. The number of fused-ring (bicyclic) bond motifs is 1. The van der Waals surface area contributed by atoms with Crippen molar-refractivity contribution >= 4 is 34.3 Å². The number of ether oxygens (including phenoxy) is 1. The highest BCUT2D eigenvalue weighted by Crippen LogP contribution is 2.19. The first-order valence-electron chi connectivity index (χ1n) is 7.21. The maximum atomic E-state index is 11.2. The minimum absolute atomic E-state index is 0.159. The van der Waals surface area contributed by atoms with Gasteiger partial charge in [0.25, 0.3) is 0 Å². The number of benzene rings is 1. The summed E-state index contributed by atoms with van der Waals surface area (Å²) in [5, 5.41) is 11.0. The normalized spacial score (nSPS) is 11.4. The van der Waals surface area contributed by atoms with E-state index in [1.165, 1.54) is 7.11 Å². The van der Waals surface area contributed by atoms with Crippen LogP contribution >= 0.6 is 11.6 Å². The van der Waals surface area contributed by atoms with Crippen LogP contribution in [0.15, 0.2) is 48.2 Å². The molecule has 0 aliphatic carbocycles. The van der Waals surface area contributed by atoms with E-state index in [-0.39, 0.29) is 13.2 Å². The number of nitrogens with zero attached hydrogens (tertiary/aromatic N) is 3. The number of hydrogen-bond acceptors (Lipinski definition) is 5. The third-order valence-electron chi connectivity index (χ3n) is 3.38. The maximum absolute atomic E-state index is 11.2. The summed E-state index contributed by atoms with van der Waals surface area (Å²) >= 11 is 5.98. The van der Waals surface area contributed by atoms with Crippen LogP contribution in [-0.4, -0.2) is 47.1 Å². The summed E-state index contributed by atoms with van der Waals surface area (Å²) in [6.45, 7) is 3.70. The molecule has 1 aromatic heterocycles. The van der Waals surface area contributed by atoms with E-state index in [0.717, 1.165) is 16.5 Å². The van der Waals surface area contributed by atoms with Crippen LogP contribution in [-0.2, 0) is 16.1 Å². The molecule has 24 heavy (non-hydrogen) atoms. The smallest absolute Gasteiger partial charge is 0.327 e. The van der Waals surface area contributed by atoms with E-state index < -0.39 is 5.97 Å². The van der Waals surface area contributed by atoms with Crippen molar-refractivity contribution in [2.75, 3.05) is 20.3 Å². The predicted octanol–water partition coefficient (Wildman–Crippen LogP) is 2.40. The van der Waals surface area contributed by atoms with Gasteiger partial charge in [-0.1, -0.05) is 24.2 Å². The van der Waals surface area contributed by atoms with Crippen LogP contribution in [0.25, 0.3) is 10.9 Å². The molecule has 0 atom stereocenters. The molecule has 0 radical (unpaired) electrons. The molecule has 0 aliphatic rings. The van der Waals surface area contributed by atoms with Gasteiger partial charge in [-0.25, -0.2) is 0 Å². The molecule has 1 aromatic carbocycles. The molecule has 0 saturated carbocycles. The van der Waals surface area contributed by atoms with Crippen molar-refractivity contribution in [1.29, 1.82) is 0 Å². The summed E-state index contributed by atoms with van der Waals surface area (Å²) < 4.78 is 4.54. The van der Waals surface area contributed by atoms with Crippen molar-refractivity contribution in [1.82, 2.24) is 9.88 Å². The number of aliphatic hydroxyl groups excluding tert-OH is 1. The molecule has 0 fully saturated rings. The summed E-state index contributed by atoms with van der Waals surface area (Å²) in [5.74, 6) is -0.143. The minimum Gasteiger partial charge on any atom is -0.468 e. The molecule has 2 rings (SSSR count). The van der Waals surface area contributed by atoms with Crippen LogP contribution in [0.1, 0.15) is 5.56 Å². The molecule has 126 valence electrons. The zero-order valence-electron chi connectivity index (χ0n) is 13.3. The fourth-order valence-electron chi connectivity index (χ4n) is 2.16. The fourth-order valence-corrected chi connectivity index (χ4v) is 2.33. The van der Waals surface area contributed by atoms with Gasteiger partial charge in [-0.3, -0.25) is 14.8 Å². The van der Waals surface area contributed by atoms with Gasteiger partial charge in [0.15, 0.2) is 0 Å². The fraction of sp³-hybridized carbons (Fsp3) is 0.235. The highest BCUT2D eigenvalue weighted by molar-refractivity contribution is 6.31. The number of rotatable bonds is 6. The number of halogens is 1. The molecule has 0 aliphatic heterocycles. The van der Waals surface area contributed by atoms with E-state index in [9.17, 15) is 9.90 Å². The minimum atomic E-state index is -0.476. The highest BCUT2D eigenvalue weighted by atomic mass is 35.5. The molecule has 6 nitrogen and oxygen atoms in total. The molecule has 1 heterocycles. The number of hydrogen-bond donors (Lipinski definition) is 1. The average Bonchev–Trinajstić information content (AvgIpc) is 2.60. The van der Waals surface area contributed by atoms with E-state index in [1.807, 2.05) is 24.3 Å². The lowest BCUT2D eigenvalue weighted by molar-refractivity contribution is -0.138. The average molecular weight is 348 g/mol. The lowest BCUT2D eigenvalue weighted by Crippen LogP contribution is -2.29. The van der Waals surface area contributed by atoms with Gasteiger partial charge in [-0.15, -0.1) is 0 Å². The van der Waals surface area contributed by atoms with E-state index in [2.05, 4.69) is 21.3 Å². The van der Waals surface area contributed by atoms with E-state index in [0.29, 0.717) is 17.4 Å². The Labute approximate surface area is 145 Å². The monoisotopic (exact) mass is 347 g/mol. The second kappa shape index (κ2) is 8.42. The second-order valence-electron chi connectivity index (χ2n) is 4.96. The molecular weight excluding hydrogens is 330 g/mol. The third kappa shape index (κ3) is 4.53. The largest absolute Gasteiger partial charge is 0.468 e. The third-order valence-corrected chi connectivity index (χ3v) is 3.58. The van der Waals surface area contributed by atoms with Crippen molar-refractivity contribution in [2.45, 2.75) is 6.54 Å². The molecule has 7 heteroatoms. The molecular formula is C17H18ClN3O3. The number of aliphatic hydroxyl groups is 1. The van der Waals surface area contributed by atoms with Crippen LogP contribution in [0.3, 0.4) is 0 Å². The van der Waals surface area contributed by atoms with Gasteiger partial charge in [0.05, 0.1) is 17.6 Å². The van der Waals surface area contributed by atoms with Gasteiger partial charge in [0.2, 0.25) is 0 Å². The summed E-state index contributed by atoms with van der Waals surface area (Å²) in [7, 11) is 1.29. The SMILES string of the molecule is C=CN(Cc1ccc2ncc(Cl)cc2c1)/C(CO)=N\CC(=O)OC. The Hall–Kier alpha value is -2.44. The Morgan fingerprint density at radius 2 is 2.29 bits per heavy atom. The number of carbonyl (C=O) groups is 1. The Morgan fingerprint density at radius 1 is 1.50 bits per heavy atom. The van der Waals surface area contributed by atoms with E-state index in [1.54, 1.807) is 17.3 Å². The Kier molecular flexibility index (Phi) is 6.28.